The summed E-state index contributed by atoms with van der Waals surface area (Å²) >= 11 is 0. The van der Waals surface area contributed by atoms with Crippen molar-refractivity contribution in [3.05, 3.63) is 71.4 Å². The molecule has 0 bridgehead atoms. The van der Waals surface area contributed by atoms with Gasteiger partial charge in [0.15, 0.2) is 5.69 Å². The Morgan fingerprint density at radius 3 is 2.47 bits per heavy atom. The molecule has 0 spiro atoms. The number of halogens is 2. The fourth-order valence-corrected chi connectivity index (χ4v) is 5.17. The van der Waals surface area contributed by atoms with Crippen molar-refractivity contribution in [2.24, 2.45) is 7.05 Å². The van der Waals surface area contributed by atoms with Crippen LogP contribution in [0.5, 0.6) is 0 Å². The third kappa shape index (κ3) is 3.39. The number of rotatable bonds is 4. The molecule has 0 saturated carbocycles. The Bertz CT molecular complexity index is 1410. The number of aromatic nitrogens is 4. The quantitative estimate of drug-likeness (QED) is 0.467. The van der Waals surface area contributed by atoms with Crippen molar-refractivity contribution in [2.45, 2.75) is 17.9 Å². The second-order valence-corrected chi connectivity index (χ2v) is 9.27. The number of hydrogen-bond acceptors (Lipinski definition) is 6. The fraction of sp³-hybridized carbons (Fsp3) is 0.190. The lowest BCUT2D eigenvalue weighted by molar-refractivity contribution is 0.386. The van der Waals surface area contributed by atoms with Gasteiger partial charge in [0.05, 0.1) is 10.5 Å². The van der Waals surface area contributed by atoms with Crippen LogP contribution in [-0.2, 0) is 30.0 Å². The van der Waals surface area contributed by atoms with Crippen molar-refractivity contribution in [1.82, 2.24) is 24.3 Å². The number of benzene rings is 2. The smallest absolute Gasteiger partial charge is 0.268 e. The summed E-state index contributed by atoms with van der Waals surface area (Å²) in [5.41, 5.74) is 1.98. The minimum absolute atomic E-state index is 0.00380. The highest BCUT2D eigenvalue weighted by Crippen LogP contribution is 2.33. The first-order valence-electron chi connectivity index (χ1n) is 9.74. The maximum Gasteiger partial charge on any atom is 0.268 e. The van der Waals surface area contributed by atoms with Gasteiger partial charge >= 0.3 is 0 Å². The molecule has 3 heterocycles. The Labute approximate surface area is 182 Å². The van der Waals surface area contributed by atoms with E-state index in [0.717, 1.165) is 17.8 Å². The summed E-state index contributed by atoms with van der Waals surface area (Å²) in [4.78, 5) is 0.00687. The molecule has 5 rings (SSSR count). The number of nitrogens with zero attached hydrogens (tertiary/aromatic N) is 5. The molecule has 0 atom stereocenters. The first kappa shape index (κ1) is 20.5. The highest BCUT2D eigenvalue weighted by atomic mass is 32.2. The Kier molecular flexibility index (Phi) is 4.86. The zero-order chi connectivity index (χ0) is 22.5. The zero-order valence-electron chi connectivity index (χ0n) is 16.9. The minimum Gasteiger partial charge on any atom is -0.414 e. The standard InChI is InChI=1S/C21H17F2N5O3S/c1-27-18-10-11-28(32(29,30)14-8-6-13(22)7-9-14)12-16(18)19(26-27)21-25-24-20(31-21)15-4-2-3-5-17(15)23/h2-9H,10-12H2,1H3. The van der Waals surface area contributed by atoms with Gasteiger partial charge in [-0.25, -0.2) is 17.2 Å². The number of sulfonamides is 1. The molecule has 2 aromatic heterocycles. The Morgan fingerprint density at radius 2 is 1.72 bits per heavy atom. The second kappa shape index (κ2) is 7.61. The van der Waals surface area contributed by atoms with E-state index in [1.54, 1.807) is 23.9 Å². The molecule has 1 aliphatic rings. The van der Waals surface area contributed by atoms with Crippen molar-refractivity contribution >= 4 is 10.0 Å². The topological polar surface area (TPSA) is 94.1 Å². The summed E-state index contributed by atoms with van der Waals surface area (Å²) < 4.78 is 62.1. The maximum absolute atomic E-state index is 14.1. The van der Waals surface area contributed by atoms with E-state index in [-0.39, 0.29) is 35.3 Å². The molecule has 0 aliphatic carbocycles. The van der Waals surface area contributed by atoms with E-state index < -0.39 is 21.7 Å². The molecule has 0 amide bonds. The van der Waals surface area contributed by atoms with Crippen molar-refractivity contribution in [1.29, 1.82) is 0 Å². The second-order valence-electron chi connectivity index (χ2n) is 7.33. The highest BCUT2D eigenvalue weighted by molar-refractivity contribution is 7.89. The van der Waals surface area contributed by atoms with E-state index >= 15 is 0 Å². The van der Waals surface area contributed by atoms with Crippen LogP contribution in [0.3, 0.4) is 0 Å². The van der Waals surface area contributed by atoms with Gasteiger partial charge < -0.3 is 4.42 Å². The van der Waals surface area contributed by atoms with E-state index in [1.807, 2.05) is 0 Å². The third-order valence-corrected chi connectivity index (χ3v) is 7.25. The van der Waals surface area contributed by atoms with Gasteiger partial charge in [0.2, 0.25) is 10.0 Å². The van der Waals surface area contributed by atoms with Gasteiger partial charge in [-0.05, 0) is 36.4 Å². The van der Waals surface area contributed by atoms with E-state index in [4.69, 9.17) is 4.42 Å². The first-order chi connectivity index (χ1) is 15.3. The van der Waals surface area contributed by atoms with Crippen LogP contribution in [0.2, 0.25) is 0 Å². The normalized spacial score (nSPS) is 14.5. The highest BCUT2D eigenvalue weighted by Gasteiger charge is 2.33. The summed E-state index contributed by atoms with van der Waals surface area (Å²) in [7, 11) is -2.09. The Balaban J connectivity index is 1.51. The molecule has 1 aliphatic heterocycles. The molecular formula is C21H17F2N5O3S. The van der Waals surface area contributed by atoms with Crippen molar-refractivity contribution in [2.75, 3.05) is 6.54 Å². The molecule has 0 unspecified atom stereocenters. The maximum atomic E-state index is 14.1. The molecular weight excluding hydrogens is 440 g/mol. The first-order valence-corrected chi connectivity index (χ1v) is 11.2. The fourth-order valence-electron chi connectivity index (χ4n) is 3.76. The molecule has 4 aromatic rings. The van der Waals surface area contributed by atoms with Gasteiger partial charge in [-0.2, -0.15) is 9.40 Å². The molecule has 2 aromatic carbocycles. The molecule has 11 heteroatoms. The van der Waals surface area contributed by atoms with E-state index in [2.05, 4.69) is 15.3 Å². The number of hydrogen-bond donors (Lipinski definition) is 0. The van der Waals surface area contributed by atoms with Crippen molar-refractivity contribution < 1.29 is 21.6 Å². The van der Waals surface area contributed by atoms with Crippen LogP contribution < -0.4 is 0 Å². The largest absolute Gasteiger partial charge is 0.414 e. The molecule has 0 saturated heterocycles. The van der Waals surface area contributed by atoms with Gasteiger partial charge in [0.1, 0.15) is 11.6 Å². The summed E-state index contributed by atoms with van der Waals surface area (Å²) in [5.74, 6) is -0.936. The van der Waals surface area contributed by atoms with Gasteiger partial charge in [0.25, 0.3) is 11.8 Å². The molecule has 164 valence electrons. The monoisotopic (exact) mass is 457 g/mol. The van der Waals surface area contributed by atoms with Crippen LogP contribution in [0.1, 0.15) is 11.3 Å². The predicted molar refractivity (Wildman–Crippen MR) is 110 cm³/mol. The average molecular weight is 457 g/mol. The number of aryl methyl sites for hydroxylation is 1. The molecule has 8 nitrogen and oxygen atoms in total. The Hall–Kier alpha value is -3.44. The minimum atomic E-state index is -3.84. The predicted octanol–water partition coefficient (Wildman–Crippen LogP) is 3.16. The molecule has 0 N–H and O–H groups in total. The molecule has 0 fully saturated rings. The molecule has 0 radical (unpaired) electrons. The van der Waals surface area contributed by atoms with Crippen molar-refractivity contribution in [3.8, 4) is 23.0 Å². The van der Waals surface area contributed by atoms with Crippen LogP contribution in [0, 0.1) is 11.6 Å². The zero-order valence-corrected chi connectivity index (χ0v) is 17.7. The number of fused-ring (bicyclic) bond motifs is 1. The van der Waals surface area contributed by atoms with Gasteiger partial charge in [0, 0.05) is 37.8 Å². The van der Waals surface area contributed by atoms with Crippen LogP contribution in [0.15, 0.2) is 57.8 Å². The summed E-state index contributed by atoms with van der Waals surface area (Å²) in [6, 6.07) is 10.7. The van der Waals surface area contributed by atoms with E-state index in [0.29, 0.717) is 17.7 Å². The Morgan fingerprint density at radius 1 is 1.00 bits per heavy atom. The lowest BCUT2D eigenvalue weighted by Gasteiger charge is -2.26. The van der Waals surface area contributed by atoms with Crippen LogP contribution in [-0.4, -0.2) is 39.2 Å². The van der Waals surface area contributed by atoms with Crippen molar-refractivity contribution in [3.63, 3.8) is 0 Å². The average Bonchev–Trinajstić information content (AvgIpc) is 3.39. The van der Waals surface area contributed by atoms with E-state index in [9.17, 15) is 17.2 Å². The van der Waals surface area contributed by atoms with Crippen LogP contribution in [0.25, 0.3) is 23.0 Å². The van der Waals surface area contributed by atoms with Gasteiger partial charge in [-0.15, -0.1) is 10.2 Å². The lowest BCUT2D eigenvalue weighted by atomic mass is 10.1. The third-order valence-electron chi connectivity index (χ3n) is 5.39. The van der Waals surface area contributed by atoms with Gasteiger partial charge in [-0.1, -0.05) is 12.1 Å². The van der Waals surface area contributed by atoms with Crippen LogP contribution >= 0.6 is 0 Å². The van der Waals surface area contributed by atoms with E-state index in [1.165, 1.54) is 28.6 Å². The summed E-state index contributed by atoms with van der Waals surface area (Å²) in [6.07, 6.45) is 0.424. The summed E-state index contributed by atoms with van der Waals surface area (Å²) in [5, 5.41) is 12.4. The molecule has 32 heavy (non-hydrogen) atoms. The van der Waals surface area contributed by atoms with Gasteiger partial charge in [-0.3, -0.25) is 4.68 Å². The van der Waals surface area contributed by atoms with Crippen LogP contribution in [0.4, 0.5) is 8.78 Å². The SMILES string of the molecule is Cn1nc(-c2nnc(-c3ccccc3F)o2)c2c1CCN(S(=O)(=O)c1ccc(F)cc1)C2. The summed E-state index contributed by atoms with van der Waals surface area (Å²) in [6.45, 7) is 0.283. The lowest BCUT2D eigenvalue weighted by Crippen LogP contribution is -2.36.